The number of esters is 1. The first-order valence-corrected chi connectivity index (χ1v) is 9.08. The first kappa shape index (κ1) is 19.4. The Morgan fingerprint density at radius 3 is 2.54 bits per heavy atom. The van der Waals surface area contributed by atoms with Gasteiger partial charge in [-0.15, -0.1) is 0 Å². The molecule has 6 heteroatoms. The number of carbonyl (C=O) groups is 2. The minimum Gasteiger partial charge on any atom is -0.449 e. The molecule has 3 rings (SSSR count). The molecule has 0 spiro atoms. The SMILES string of the molecule is CC(C)c1ccccc1NC(=O)[C@H](C)OC(=O)/C=C/c1nc2ccccc2o1. The summed E-state index contributed by atoms with van der Waals surface area (Å²) in [5, 5.41) is 2.82. The highest BCUT2D eigenvalue weighted by Crippen LogP contribution is 2.24. The number of hydrogen-bond acceptors (Lipinski definition) is 5. The van der Waals surface area contributed by atoms with Gasteiger partial charge in [0.2, 0.25) is 5.89 Å². The predicted molar refractivity (Wildman–Crippen MR) is 108 cm³/mol. The summed E-state index contributed by atoms with van der Waals surface area (Å²) in [5.41, 5.74) is 3.07. The smallest absolute Gasteiger partial charge is 0.331 e. The second kappa shape index (κ2) is 8.52. The number of fused-ring (bicyclic) bond motifs is 1. The standard InChI is InChI=1S/C22H22N2O4/c1-14(2)16-8-4-5-9-17(16)24-22(26)15(3)27-21(25)13-12-20-23-18-10-6-7-11-19(18)28-20/h4-15H,1-3H3,(H,24,26)/b13-12+/t15-/m0/s1. The summed E-state index contributed by atoms with van der Waals surface area (Å²) < 4.78 is 10.7. The molecular formula is C22H22N2O4. The molecule has 6 nitrogen and oxygen atoms in total. The molecule has 3 aromatic rings. The number of oxazole rings is 1. The fourth-order valence-corrected chi connectivity index (χ4v) is 2.72. The average molecular weight is 378 g/mol. The van der Waals surface area contributed by atoms with Crippen molar-refractivity contribution in [1.29, 1.82) is 0 Å². The molecule has 0 saturated heterocycles. The van der Waals surface area contributed by atoms with E-state index in [0.29, 0.717) is 22.7 Å². The Bertz CT molecular complexity index is 987. The first-order chi connectivity index (χ1) is 13.4. The number of hydrogen-bond donors (Lipinski definition) is 1. The number of ether oxygens (including phenoxy) is 1. The van der Waals surface area contributed by atoms with Gasteiger partial charge in [-0.25, -0.2) is 9.78 Å². The van der Waals surface area contributed by atoms with Crippen LogP contribution in [0.5, 0.6) is 0 Å². The molecule has 0 bridgehead atoms. The van der Waals surface area contributed by atoms with Crippen LogP contribution in [0.2, 0.25) is 0 Å². The quantitative estimate of drug-likeness (QED) is 0.503. The number of aromatic nitrogens is 1. The van der Waals surface area contributed by atoms with Gasteiger partial charge in [0.1, 0.15) is 5.52 Å². The zero-order chi connectivity index (χ0) is 20.1. The van der Waals surface area contributed by atoms with Crippen molar-refractivity contribution in [1.82, 2.24) is 4.98 Å². The molecule has 0 aliphatic rings. The van der Waals surface area contributed by atoms with Crippen molar-refractivity contribution in [3.05, 3.63) is 66.1 Å². The number of carbonyl (C=O) groups excluding carboxylic acids is 2. The van der Waals surface area contributed by atoms with E-state index in [1.165, 1.54) is 19.1 Å². The molecule has 144 valence electrons. The largest absolute Gasteiger partial charge is 0.449 e. The van der Waals surface area contributed by atoms with Crippen molar-refractivity contribution >= 4 is 34.7 Å². The van der Waals surface area contributed by atoms with Crippen molar-refractivity contribution in [2.45, 2.75) is 32.8 Å². The second-order valence-electron chi connectivity index (χ2n) is 6.66. The van der Waals surface area contributed by atoms with Gasteiger partial charge in [0.25, 0.3) is 5.91 Å². The lowest BCUT2D eigenvalue weighted by molar-refractivity contribution is -0.148. The van der Waals surface area contributed by atoms with Crippen LogP contribution in [0.15, 0.2) is 59.0 Å². The molecule has 0 saturated carbocycles. The molecule has 2 aromatic carbocycles. The summed E-state index contributed by atoms with van der Waals surface area (Å²) in [6.45, 7) is 5.62. The van der Waals surface area contributed by atoms with E-state index in [4.69, 9.17) is 9.15 Å². The van der Waals surface area contributed by atoms with Gasteiger partial charge in [-0.2, -0.15) is 0 Å². The Kier molecular flexibility index (Phi) is 5.89. The van der Waals surface area contributed by atoms with E-state index >= 15 is 0 Å². The second-order valence-corrected chi connectivity index (χ2v) is 6.66. The van der Waals surface area contributed by atoms with Crippen molar-refractivity contribution in [2.75, 3.05) is 5.32 Å². The van der Waals surface area contributed by atoms with Crippen molar-refractivity contribution < 1.29 is 18.7 Å². The molecule has 0 aliphatic carbocycles. The minimum absolute atomic E-state index is 0.258. The molecule has 1 N–H and O–H groups in total. The highest BCUT2D eigenvalue weighted by Gasteiger charge is 2.18. The van der Waals surface area contributed by atoms with Crippen LogP contribution in [0, 0.1) is 0 Å². The molecule has 1 aromatic heterocycles. The number of nitrogens with one attached hydrogen (secondary N) is 1. The van der Waals surface area contributed by atoms with Gasteiger partial charge in [-0.1, -0.05) is 44.2 Å². The lowest BCUT2D eigenvalue weighted by atomic mass is 10.0. The molecule has 1 heterocycles. The average Bonchev–Trinajstić information content (AvgIpc) is 3.09. The van der Waals surface area contributed by atoms with Crippen molar-refractivity contribution in [2.24, 2.45) is 0 Å². The van der Waals surface area contributed by atoms with Gasteiger partial charge in [-0.3, -0.25) is 4.79 Å². The van der Waals surface area contributed by atoms with E-state index in [0.717, 1.165) is 5.56 Å². The third-order valence-electron chi connectivity index (χ3n) is 4.18. The molecule has 28 heavy (non-hydrogen) atoms. The summed E-state index contributed by atoms with van der Waals surface area (Å²) in [6.07, 6.45) is 1.67. The number of nitrogens with zero attached hydrogens (tertiary/aromatic N) is 1. The van der Waals surface area contributed by atoms with Gasteiger partial charge >= 0.3 is 5.97 Å². The maximum atomic E-state index is 12.4. The Morgan fingerprint density at radius 1 is 1.07 bits per heavy atom. The van der Waals surface area contributed by atoms with Crippen molar-refractivity contribution in [3.8, 4) is 0 Å². The first-order valence-electron chi connectivity index (χ1n) is 9.08. The van der Waals surface area contributed by atoms with E-state index in [-0.39, 0.29) is 5.92 Å². The molecule has 1 amide bonds. The molecule has 0 aliphatic heterocycles. The molecule has 0 fully saturated rings. The van der Waals surface area contributed by atoms with Crippen molar-refractivity contribution in [3.63, 3.8) is 0 Å². The Hall–Kier alpha value is -3.41. The van der Waals surface area contributed by atoms with E-state index in [9.17, 15) is 9.59 Å². The van der Waals surface area contributed by atoms with Gasteiger partial charge in [0, 0.05) is 17.8 Å². The fraction of sp³-hybridized carbons (Fsp3) is 0.227. The maximum Gasteiger partial charge on any atom is 0.331 e. The van der Waals surface area contributed by atoms with E-state index in [2.05, 4.69) is 10.3 Å². The molecular weight excluding hydrogens is 356 g/mol. The highest BCUT2D eigenvalue weighted by atomic mass is 16.5. The number of amides is 1. The minimum atomic E-state index is -0.944. The summed E-state index contributed by atoms with van der Waals surface area (Å²) in [7, 11) is 0. The third kappa shape index (κ3) is 4.65. The van der Waals surface area contributed by atoms with Crippen LogP contribution in [0.25, 0.3) is 17.2 Å². The number of anilines is 1. The Balaban J connectivity index is 1.59. The van der Waals surface area contributed by atoms with Crippen LogP contribution in [-0.4, -0.2) is 23.0 Å². The molecule has 1 atom stereocenters. The predicted octanol–water partition coefficient (Wildman–Crippen LogP) is 4.53. The number of rotatable bonds is 6. The van der Waals surface area contributed by atoms with Crippen LogP contribution in [0.1, 0.15) is 38.1 Å². The third-order valence-corrected chi connectivity index (χ3v) is 4.18. The van der Waals surface area contributed by atoms with Crippen LogP contribution in [0.3, 0.4) is 0 Å². The lowest BCUT2D eigenvalue weighted by Crippen LogP contribution is -2.29. The van der Waals surface area contributed by atoms with Gasteiger partial charge in [0.15, 0.2) is 11.7 Å². The zero-order valence-electron chi connectivity index (χ0n) is 16.0. The summed E-state index contributed by atoms with van der Waals surface area (Å²) in [5.74, 6) is -0.492. The van der Waals surface area contributed by atoms with Crippen LogP contribution >= 0.6 is 0 Å². The highest BCUT2D eigenvalue weighted by molar-refractivity contribution is 5.97. The zero-order valence-corrected chi connectivity index (χ0v) is 16.0. The molecule has 0 unspecified atom stereocenters. The number of benzene rings is 2. The summed E-state index contributed by atoms with van der Waals surface area (Å²) in [4.78, 5) is 28.6. The van der Waals surface area contributed by atoms with Crippen LogP contribution in [-0.2, 0) is 14.3 Å². The number of para-hydroxylation sites is 3. The van der Waals surface area contributed by atoms with Gasteiger partial charge < -0.3 is 14.5 Å². The van der Waals surface area contributed by atoms with Crippen LogP contribution in [0.4, 0.5) is 5.69 Å². The summed E-state index contributed by atoms with van der Waals surface area (Å²) >= 11 is 0. The topological polar surface area (TPSA) is 81.4 Å². The Morgan fingerprint density at radius 2 is 1.79 bits per heavy atom. The monoisotopic (exact) mass is 378 g/mol. The van der Waals surface area contributed by atoms with Crippen LogP contribution < -0.4 is 5.32 Å². The van der Waals surface area contributed by atoms with E-state index < -0.39 is 18.0 Å². The summed E-state index contributed by atoms with van der Waals surface area (Å²) in [6, 6.07) is 14.9. The van der Waals surface area contributed by atoms with Gasteiger partial charge in [0.05, 0.1) is 0 Å². The van der Waals surface area contributed by atoms with Gasteiger partial charge in [-0.05, 0) is 36.6 Å². The van der Waals surface area contributed by atoms with E-state index in [1.807, 2.05) is 56.3 Å². The lowest BCUT2D eigenvalue weighted by Gasteiger charge is -2.16. The Labute approximate surface area is 163 Å². The maximum absolute atomic E-state index is 12.4. The normalized spacial score (nSPS) is 12.4. The fourth-order valence-electron chi connectivity index (χ4n) is 2.72. The molecule has 0 radical (unpaired) electrons. The van der Waals surface area contributed by atoms with E-state index in [1.54, 1.807) is 6.07 Å².